The number of amides is 1. The van der Waals surface area contributed by atoms with Gasteiger partial charge in [0, 0.05) is 0 Å². The maximum absolute atomic E-state index is 13.5. The van der Waals surface area contributed by atoms with Gasteiger partial charge in [-0.2, -0.15) is 0 Å². The van der Waals surface area contributed by atoms with E-state index in [1.807, 2.05) is 37.3 Å². The van der Waals surface area contributed by atoms with E-state index in [0.717, 1.165) is 16.9 Å². The number of anilines is 1. The number of carbonyl (C=O) groups excluding carboxylic acids is 1. The number of para-hydroxylation sites is 1. The summed E-state index contributed by atoms with van der Waals surface area (Å²) in [4.78, 5) is 13.1. The van der Waals surface area contributed by atoms with Crippen LogP contribution in [0, 0.1) is 6.92 Å². The van der Waals surface area contributed by atoms with Gasteiger partial charge in [-0.05, 0) is 54.3 Å². The van der Waals surface area contributed by atoms with E-state index in [9.17, 15) is 13.2 Å². The smallest absolute Gasteiger partial charge is 0.264 e. The third-order valence-corrected chi connectivity index (χ3v) is 7.60. The molecule has 0 spiro atoms. The average Bonchev–Trinajstić information content (AvgIpc) is 2.86. The summed E-state index contributed by atoms with van der Waals surface area (Å²) < 4.78 is 40.0. The number of rotatable bonds is 8. The Morgan fingerprint density at radius 3 is 2.54 bits per heavy atom. The van der Waals surface area contributed by atoms with E-state index in [1.165, 1.54) is 4.31 Å². The van der Waals surface area contributed by atoms with Gasteiger partial charge in [0.25, 0.3) is 15.9 Å². The van der Waals surface area contributed by atoms with Crippen LogP contribution in [0.15, 0.2) is 77.7 Å². The molecule has 1 amide bonds. The Morgan fingerprint density at radius 2 is 1.80 bits per heavy atom. The van der Waals surface area contributed by atoms with Crippen molar-refractivity contribution in [3.8, 4) is 11.5 Å². The Balaban J connectivity index is 1.47. The third kappa shape index (κ3) is 5.43. The van der Waals surface area contributed by atoms with Crippen molar-refractivity contribution in [1.29, 1.82) is 0 Å². The van der Waals surface area contributed by atoms with E-state index in [4.69, 9.17) is 9.47 Å². The summed E-state index contributed by atoms with van der Waals surface area (Å²) in [5, 5.41) is 2.81. The van der Waals surface area contributed by atoms with Gasteiger partial charge in [0.05, 0.1) is 23.7 Å². The van der Waals surface area contributed by atoms with Crippen molar-refractivity contribution < 1.29 is 22.7 Å². The van der Waals surface area contributed by atoms with E-state index < -0.39 is 22.0 Å². The third-order valence-electron chi connectivity index (χ3n) is 5.81. The van der Waals surface area contributed by atoms with Crippen molar-refractivity contribution in [3.05, 3.63) is 83.9 Å². The molecular formula is C27H30N2O5S. The van der Waals surface area contributed by atoms with E-state index >= 15 is 0 Å². The van der Waals surface area contributed by atoms with E-state index in [0.29, 0.717) is 17.4 Å². The van der Waals surface area contributed by atoms with Gasteiger partial charge in [-0.3, -0.25) is 9.10 Å². The molecule has 3 aromatic rings. The van der Waals surface area contributed by atoms with Crippen LogP contribution in [0.5, 0.6) is 11.5 Å². The van der Waals surface area contributed by atoms with Crippen molar-refractivity contribution >= 4 is 21.6 Å². The summed E-state index contributed by atoms with van der Waals surface area (Å²) in [6.45, 7) is 6.49. The molecule has 1 heterocycles. The number of fused-ring (bicyclic) bond motifs is 1. The lowest BCUT2D eigenvalue weighted by atomic mass is 10.0. The summed E-state index contributed by atoms with van der Waals surface area (Å²) in [5.74, 6) is 1.06. The van der Waals surface area contributed by atoms with Crippen LogP contribution in [0.3, 0.4) is 0 Å². The molecule has 0 bridgehead atoms. The zero-order chi connectivity index (χ0) is 25.0. The highest BCUT2D eigenvalue weighted by Crippen LogP contribution is 2.37. The van der Waals surface area contributed by atoms with E-state index in [-0.39, 0.29) is 24.6 Å². The van der Waals surface area contributed by atoms with Gasteiger partial charge in [-0.1, -0.05) is 56.3 Å². The number of hydrogen-bond donors (Lipinski definition) is 1. The van der Waals surface area contributed by atoms with Gasteiger partial charge in [-0.25, -0.2) is 8.42 Å². The fraction of sp³-hybridized carbons (Fsp3) is 0.296. The van der Waals surface area contributed by atoms with Crippen LogP contribution >= 0.6 is 0 Å². The van der Waals surface area contributed by atoms with Crippen molar-refractivity contribution in [3.63, 3.8) is 0 Å². The first-order valence-corrected chi connectivity index (χ1v) is 13.1. The number of benzene rings is 3. The normalized spacial score (nSPS) is 15.3. The molecule has 1 atom stereocenters. The molecule has 0 aliphatic carbocycles. The molecule has 1 aliphatic rings. The Labute approximate surface area is 206 Å². The predicted molar refractivity (Wildman–Crippen MR) is 136 cm³/mol. The lowest BCUT2D eigenvalue weighted by molar-refractivity contribution is -0.127. The highest BCUT2D eigenvalue weighted by Gasteiger charge is 2.37. The van der Waals surface area contributed by atoms with Crippen LogP contribution in [0.1, 0.15) is 30.9 Å². The molecule has 184 valence electrons. The molecule has 3 aromatic carbocycles. The van der Waals surface area contributed by atoms with Gasteiger partial charge in [-0.15, -0.1) is 0 Å². The molecule has 4 rings (SSSR count). The minimum Gasteiger partial charge on any atom is -0.491 e. The number of aryl methyl sites for hydroxylation is 1. The number of carbonyl (C=O) groups is 1. The number of nitrogens with one attached hydrogen (secondary N) is 1. The predicted octanol–water partition coefficient (Wildman–Crippen LogP) is 4.27. The van der Waals surface area contributed by atoms with Crippen molar-refractivity contribution in [2.24, 2.45) is 0 Å². The fourth-order valence-corrected chi connectivity index (χ4v) is 5.47. The van der Waals surface area contributed by atoms with Gasteiger partial charge in [0.1, 0.15) is 18.1 Å². The largest absolute Gasteiger partial charge is 0.491 e. The van der Waals surface area contributed by atoms with Gasteiger partial charge in [0.15, 0.2) is 6.10 Å². The van der Waals surface area contributed by atoms with Crippen LogP contribution in [0.25, 0.3) is 0 Å². The second-order valence-corrected chi connectivity index (χ2v) is 10.6. The molecule has 35 heavy (non-hydrogen) atoms. The highest BCUT2D eigenvalue weighted by atomic mass is 32.2. The molecule has 0 saturated carbocycles. The second kappa shape index (κ2) is 10.4. The van der Waals surface area contributed by atoms with Gasteiger partial charge >= 0.3 is 0 Å². The first-order chi connectivity index (χ1) is 16.8. The van der Waals surface area contributed by atoms with E-state index in [2.05, 4.69) is 19.2 Å². The summed E-state index contributed by atoms with van der Waals surface area (Å²) in [7, 11) is -3.88. The number of nitrogens with zero attached hydrogens (tertiary/aromatic N) is 1. The number of sulfonamides is 1. The molecule has 0 fully saturated rings. The zero-order valence-corrected chi connectivity index (χ0v) is 20.9. The molecular weight excluding hydrogens is 464 g/mol. The number of hydrogen-bond acceptors (Lipinski definition) is 5. The fourth-order valence-electron chi connectivity index (χ4n) is 3.98. The Hall–Kier alpha value is -3.52. The molecule has 0 radical (unpaired) electrons. The monoisotopic (exact) mass is 494 g/mol. The second-order valence-electron chi connectivity index (χ2n) is 8.76. The minimum absolute atomic E-state index is 0.128. The van der Waals surface area contributed by atoms with Crippen LogP contribution in [0.2, 0.25) is 0 Å². The van der Waals surface area contributed by atoms with Crippen LogP contribution in [-0.2, 0) is 14.8 Å². The standard InChI is InChI=1S/C27H30N2O5S/c1-19(2)22-11-7-8-12-24(22)33-16-15-28-27(30)26-18-29(23-17-20(3)13-14-25(23)34-26)35(31,32)21-9-5-4-6-10-21/h4-14,17,19,26H,15-16,18H2,1-3H3,(H,28,30)/t26-/m0/s1. The Morgan fingerprint density at radius 1 is 1.09 bits per heavy atom. The van der Waals surface area contributed by atoms with Gasteiger partial charge < -0.3 is 14.8 Å². The summed E-state index contributed by atoms with van der Waals surface area (Å²) in [5.41, 5.74) is 2.41. The molecule has 7 nitrogen and oxygen atoms in total. The zero-order valence-electron chi connectivity index (χ0n) is 20.1. The maximum atomic E-state index is 13.5. The summed E-state index contributed by atoms with van der Waals surface area (Å²) >= 11 is 0. The minimum atomic E-state index is -3.88. The van der Waals surface area contributed by atoms with E-state index in [1.54, 1.807) is 42.5 Å². The van der Waals surface area contributed by atoms with Crippen LogP contribution < -0.4 is 19.1 Å². The quantitative estimate of drug-likeness (QED) is 0.473. The van der Waals surface area contributed by atoms with Gasteiger partial charge in [0.2, 0.25) is 0 Å². The topological polar surface area (TPSA) is 84.9 Å². The molecule has 0 unspecified atom stereocenters. The summed E-state index contributed by atoms with van der Waals surface area (Å²) in [6, 6.07) is 21.3. The first kappa shape index (κ1) is 24.6. The molecule has 8 heteroatoms. The SMILES string of the molecule is Cc1ccc2c(c1)N(S(=O)(=O)c1ccccc1)C[C@@H](C(=O)NCCOc1ccccc1C(C)C)O2. The molecule has 1 N–H and O–H groups in total. The maximum Gasteiger partial charge on any atom is 0.264 e. The molecule has 1 aliphatic heterocycles. The van der Waals surface area contributed by atoms with Crippen molar-refractivity contribution in [1.82, 2.24) is 5.32 Å². The summed E-state index contributed by atoms with van der Waals surface area (Å²) in [6.07, 6.45) is -0.994. The van der Waals surface area contributed by atoms with Crippen molar-refractivity contribution in [2.75, 3.05) is 24.0 Å². The Kier molecular flexibility index (Phi) is 7.31. The molecule has 0 saturated heterocycles. The van der Waals surface area contributed by atoms with Crippen molar-refractivity contribution in [2.45, 2.75) is 37.7 Å². The first-order valence-electron chi connectivity index (χ1n) is 11.6. The molecule has 0 aromatic heterocycles. The lowest BCUT2D eigenvalue weighted by Gasteiger charge is -2.35. The van der Waals surface area contributed by atoms with Crippen LogP contribution in [-0.4, -0.2) is 40.1 Å². The lowest BCUT2D eigenvalue weighted by Crippen LogP contribution is -2.51. The highest BCUT2D eigenvalue weighted by molar-refractivity contribution is 7.92. The van der Waals surface area contributed by atoms with Crippen LogP contribution in [0.4, 0.5) is 5.69 Å². The Bertz CT molecular complexity index is 1290. The number of ether oxygens (including phenoxy) is 2. The average molecular weight is 495 g/mol.